The Morgan fingerprint density at radius 1 is 0.318 bits per heavy atom. The number of hydrogen-bond acceptors (Lipinski definition) is 28. The monoisotopic (exact) mass is 1800 g/mol. The van der Waals surface area contributed by atoms with Gasteiger partial charge in [-0.15, -0.1) is 0 Å². The van der Waals surface area contributed by atoms with Crippen molar-refractivity contribution in [3.05, 3.63) is 192 Å². The molecule has 4 aromatic carbocycles. The summed E-state index contributed by atoms with van der Waals surface area (Å²) in [5, 5.41) is 111. The number of rotatable bonds is 16. The number of nitrogens with one attached hydrogen (secondary N) is 4. The topological polar surface area (TPSA) is 449 Å². The zero-order valence-electron chi connectivity index (χ0n) is 75.7. The van der Waals surface area contributed by atoms with E-state index in [0.29, 0.717) is 168 Å². The number of ether oxygens (including phenoxy) is 4. The fourth-order valence-electron chi connectivity index (χ4n) is 18.7. The van der Waals surface area contributed by atoms with Crippen molar-refractivity contribution in [1.29, 1.82) is 0 Å². The Bertz CT molecular complexity index is 5580. The van der Waals surface area contributed by atoms with Gasteiger partial charge in [-0.1, -0.05) is 0 Å². The molecule has 132 heavy (non-hydrogen) atoms. The highest BCUT2D eigenvalue weighted by molar-refractivity contribution is 6.12. The van der Waals surface area contributed by atoms with Crippen LogP contribution in [0.3, 0.4) is 0 Å². The van der Waals surface area contributed by atoms with Crippen LogP contribution in [0.4, 0.5) is 45.5 Å². The Labute approximate surface area is 762 Å². The van der Waals surface area contributed by atoms with E-state index in [1.165, 1.54) is 24.8 Å². The molecule has 20 rings (SSSR count). The lowest BCUT2D eigenvalue weighted by atomic mass is 9.98. The van der Waals surface area contributed by atoms with Gasteiger partial charge in [0.1, 0.15) is 67.7 Å². The van der Waals surface area contributed by atoms with Gasteiger partial charge in [-0.3, -0.25) is 19.2 Å². The van der Waals surface area contributed by atoms with Crippen molar-refractivity contribution >= 4 is 91.7 Å². The number of aromatic nitrogens is 12. The molecule has 16 heterocycles. The molecular formula is C96H116N20O16. The number of aliphatic hydroxyl groups excluding tert-OH is 4. The van der Waals surface area contributed by atoms with Crippen LogP contribution >= 0.6 is 0 Å². The van der Waals surface area contributed by atoms with Crippen molar-refractivity contribution in [2.45, 2.75) is 203 Å². The number of benzene rings is 4. The molecule has 8 aliphatic rings. The number of carbonyl (C=O) groups excluding carboxylic acids is 4. The lowest BCUT2D eigenvalue weighted by Gasteiger charge is -2.27. The number of nitrogens with zero attached hydrogens (tertiary/aromatic N) is 16. The van der Waals surface area contributed by atoms with E-state index in [1.807, 2.05) is 104 Å². The van der Waals surface area contributed by atoms with E-state index >= 15 is 0 Å². The number of aliphatic hydroxyl groups is 8. The van der Waals surface area contributed by atoms with Gasteiger partial charge in [0.25, 0.3) is 23.6 Å². The maximum atomic E-state index is 13.2. The zero-order chi connectivity index (χ0) is 92.9. The van der Waals surface area contributed by atoms with E-state index in [4.69, 9.17) is 18.9 Å². The SMILES string of the molecule is C[C@@]1(O)CCCN(c2cc3c(cc2NC(=O)c2cnn4cccnc24)C[C@@](C)(CO)O3)CC1.C[C@@]1(O)CCCN(c2cc3c(cc2NC(=O)c2cnn4cccnc24)C[C@](C)(CO)O3)CC1.C[C@]1(O)CCCN(c2cc3c(cc2NC(=O)c2cnn4cccnc24)C[C@@](C)(CO)O3)CC1.C[C@]1(O)CCCN(c2cc3c(cc2NC(=O)c2cnn4cccnc24)C[C@](C)(CO)O3)CC1. The third-order valence-electron chi connectivity index (χ3n) is 26.4. The van der Waals surface area contributed by atoms with Crippen molar-refractivity contribution < 1.29 is 79.0 Å². The minimum absolute atomic E-state index is 0.0979. The van der Waals surface area contributed by atoms with E-state index in [-0.39, 0.29) is 50.1 Å². The van der Waals surface area contributed by atoms with E-state index in [0.717, 1.165) is 123 Å². The summed E-state index contributed by atoms with van der Waals surface area (Å²) < 4.78 is 30.6. The van der Waals surface area contributed by atoms with Gasteiger partial charge in [0, 0.05) is 174 Å². The maximum absolute atomic E-state index is 13.2. The molecule has 0 unspecified atom stereocenters. The second-order valence-corrected chi connectivity index (χ2v) is 38.4. The average Bonchev–Trinajstić information content (AvgIpc) is 1.75. The van der Waals surface area contributed by atoms with Crippen molar-refractivity contribution in [1.82, 2.24) is 58.4 Å². The summed E-state index contributed by atoms with van der Waals surface area (Å²) in [6, 6.07) is 22.5. The van der Waals surface area contributed by atoms with Crippen molar-refractivity contribution in [3.63, 3.8) is 0 Å². The van der Waals surface area contributed by atoms with Crippen molar-refractivity contribution in [3.8, 4) is 23.0 Å². The van der Waals surface area contributed by atoms with Gasteiger partial charge in [0.15, 0.2) is 22.6 Å². The molecule has 4 saturated heterocycles. The fourth-order valence-corrected chi connectivity index (χ4v) is 18.7. The largest absolute Gasteiger partial charge is 0.484 e. The van der Waals surface area contributed by atoms with Crippen molar-refractivity contribution in [2.75, 3.05) is 120 Å². The Morgan fingerprint density at radius 3 is 0.735 bits per heavy atom. The van der Waals surface area contributed by atoms with Crippen LogP contribution < -0.4 is 59.8 Å². The van der Waals surface area contributed by atoms with E-state index in [9.17, 15) is 60.0 Å². The van der Waals surface area contributed by atoms with Gasteiger partial charge < -0.3 is 101 Å². The predicted molar refractivity (Wildman–Crippen MR) is 496 cm³/mol. The Balaban J connectivity index is 0.000000123. The summed E-state index contributed by atoms with van der Waals surface area (Å²) in [7, 11) is 0. The third-order valence-corrected chi connectivity index (χ3v) is 26.4. The maximum Gasteiger partial charge on any atom is 0.261 e. The first-order chi connectivity index (χ1) is 63.1. The third kappa shape index (κ3) is 19.8. The summed E-state index contributed by atoms with van der Waals surface area (Å²) in [5.74, 6) is 1.68. The minimum Gasteiger partial charge on any atom is -0.484 e. The van der Waals surface area contributed by atoms with Crippen LogP contribution in [0, 0.1) is 0 Å². The van der Waals surface area contributed by atoms with Crippen LogP contribution in [-0.4, -0.2) is 246 Å². The predicted octanol–water partition coefficient (Wildman–Crippen LogP) is 9.64. The van der Waals surface area contributed by atoms with Gasteiger partial charge in [-0.05, 0) is 181 Å². The summed E-state index contributed by atoms with van der Waals surface area (Å²) in [6.07, 6.45) is 30.5. The smallest absolute Gasteiger partial charge is 0.261 e. The molecule has 8 aromatic heterocycles. The van der Waals surface area contributed by atoms with Gasteiger partial charge in [-0.2, -0.15) is 20.4 Å². The molecule has 0 saturated carbocycles. The van der Waals surface area contributed by atoms with Crippen LogP contribution in [0.1, 0.15) is 196 Å². The molecular weight excluding hydrogens is 1690 g/mol. The molecule has 4 amide bonds. The highest BCUT2D eigenvalue weighted by Gasteiger charge is 2.43. The van der Waals surface area contributed by atoms with Gasteiger partial charge in [0.2, 0.25) is 0 Å². The Morgan fingerprint density at radius 2 is 0.530 bits per heavy atom. The van der Waals surface area contributed by atoms with Gasteiger partial charge >= 0.3 is 0 Å². The van der Waals surface area contributed by atoms with E-state index in [1.54, 1.807) is 91.9 Å². The van der Waals surface area contributed by atoms with Crippen molar-refractivity contribution in [2.24, 2.45) is 0 Å². The molecule has 696 valence electrons. The zero-order valence-corrected chi connectivity index (χ0v) is 75.7. The standard InChI is InChI=1S/4C24H29N5O4/c4*1-23(32)5-3-8-28(10-6-23)19-12-20-16(13-24(2,15-30)33-20)11-18(19)27-22(31)17-14-26-29-9-4-7-25-21(17)29/h4*4,7,9,11-12,14,30,32H,3,5-6,8,10,13,15H2,1-2H3,(H,27,31)/t2*23-,24+;2*23-,24-/m1010/s1. The minimum atomic E-state index is -0.705. The average molecular weight is 1810 g/mol. The second kappa shape index (κ2) is 36.5. The van der Waals surface area contributed by atoms with Gasteiger partial charge in [-0.25, -0.2) is 38.0 Å². The molecule has 0 bridgehead atoms. The molecule has 0 radical (unpaired) electrons. The molecule has 0 spiro atoms. The lowest BCUT2D eigenvalue weighted by molar-refractivity contribution is 0.0446. The summed E-state index contributed by atoms with van der Waals surface area (Å²) in [6.45, 7) is 20.2. The van der Waals surface area contributed by atoms with Crippen LogP contribution in [0.15, 0.2) is 147 Å². The Kier molecular flexibility index (Phi) is 25.2. The number of carbonyl (C=O) groups is 4. The fraction of sp³-hybridized carbons (Fsp3) is 0.458. The number of hydrogen-bond donors (Lipinski definition) is 12. The first-order valence-electron chi connectivity index (χ1n) is 45.2. The molecule has 0 aliphatic carbocycles. The summed E-state index contributed by atoms with van der Waals surface area (Å²) >= 11 is 0. The molecule has 12 N–H and O–H groups in total. The van der Waals surface area contributed by atoms with Crippen LogP contribution in [0.5, 0.6) is 23.0 Å². The molecule has 36 heteroatoms. The lowest BCUT2D eigenvalue weighted by Crippen LogP contribution is -2.34. The molecule has 36 nitrogen and oxygen atoms in total. The number of amides is 4. The van der Waals surface area contributed by atoms with Crippen LogP contribution in [0.2, 0.25) is 0 Å². The quantitative estimate of drug-likeness (QED) is 0.0428. The van der Waals surface area contributed by atoms with Crippen LogP contribution in [-0.2, 0) is 25.7 Å². The molecule has 8 atom stereocenters. The normalized spacial score (nSPS) is 24.9. The number of anilines is 8. The molecule has 12 aromatic rings. The molecule has 4 fully saturated rings. The molecule has 8 aliphatic heterocycles. The highest BCUT2D eigenvalue weighted by atomic mass is 16.5. The Hall–Kier alpha value is -12.7. The van der Waals surface area contributed by atoms with E-state index in [2.05, 4.69) is 81.2 Å². The first kappa shape index (κ1) is 91.2. The highest BCUT2D eigenvalue weighted by Crippen LogP contribution is 2.49. The first-order valence-corrected chi connectivity index (χ1v) is 45.2. The van der Waals surface area contributed by atoms with Gasteiger partial charge in [0.05, 0.1) is 119 Å². The summed E-state index contributed by atoms with van der Waals surface area (Å²) in [4.78, 5) is 78.9. The second-order valence-electron chi connectivity index (χ2n) is 38.4. The van der Waals surface area contributed by atoms with Crippen LogP contribution in [0.25, 0.3) is 22.6 Å². The van der Waals surface area contributed by atoms with E-state index < -0.39 is 44.8 Å². The number of fused-ring (bicyclic) bond motifs is 8. The summed E-state index contributed by atoms with van der Waals surface area (Å²) in [5.41, 5.74) is 7.71.